The molecular formula is C43H47F3N6O5S. The minimum Gasteiger partial charge on any atom is -0.492 e. The van der Waals surface area contributed by atoms with Crippen LogP contribution >= 0.6 is 12.2 Å². The number of piperidine rings is 1. The number of nitrogens with one attached hydrogen (secondary N) is 1. The van der Waals surface area contributed by atoms with E-state index >= 15 is 0 Å². The van der Waals surface area contributed by atoms with E-state index in [0.29, 0.717) is 63.2 Å². The first-order valence-electron chi connectivity index (χ1n) is 19.5. The third kappa shape index (κ3) is 9.25. The summed E-state index contributed by atoms with van der Waals surface area (Å²) in [7, 11) is 0. The number of hydrogen-bond donors (Lipinski definition) is 1. The molecule has 306 valence electrons. The minimum absolute atomic E-state index is 0.0229. The van der Waals surface area contributed by atoms with Crippen molar-refractivity contribution in [3.8, 4) is 11.8 Å². The fourth-order valence-electron chi connectivity index (χ4n) is 7.97. The second kappa shape index (κ2) is 17.4. The van der Waals surface area contributed by atoms with Gasteiger partial charge in [-0.2, -0.15) is 18.4 Å². The molecule has 3 heterocycles. The molecule has 6 rings (SSSR count). The van der Waals surface area contributed by atoms with Crippen molar-refractivity contribution in [2.75, 3.05) is 49.1 Å². The van der Waals surface area contributed by atoms with Crippen LogP contribution in [0.1, 0.15) is 68.4 Å². The van der Waals surface area contributed by atoms with Crippen LogP contribution in [-0.4, -0.2) is 89.3 Å². The Labute approximate surface area is 341 Å². The number of ether oxygens (including phenoxy) is 1. The Morgan fingerprint density at radius 2 is 1.78 bits per heavy atom. The van der Waals surface area contributed by atoms with E-state index in [2.05, 4.69) is 22.0 Å². The van der Waals surface area contributed by atoms with Crippen LogP contribution < -0.4 is 19.9 Å². The summed E-state index contributed by atoms with van der Waals surface area (Å²) in [6.07, 6.45) is -2.48. The zero-order valence-electron chi connectivity index (χ0n) is 33.0. The average Bonchev–Trinajstić information content (AvgIpc) is 3.35. The van der Waals surface area contributed by atoms with Crippen LogP contribution in [0.2, 0.25) is 0 Å². The number of aryl methyl sites for hydroxylation is 1. The molecule has 3 saturated heterocycles. The third-order valence-electron chi connectivity index (χ3n) is 11.2. The number of rotatable bonds is 13. The number of benzene rings is 3. The molecule has 1 N–H and O–H groups in total. The highest BCUT2D eigenvalue weighted by Gasteiger charge is 2.51. The standard InChI is InChI=1S/C43H47F3N6O5S/c1-5-30-22-34(52-41(58)51(40(56)42(52,3)4)33-11-9-32(24-47)36(23-33)43(44,45)46)12-13-37(30)57-18-17-49-15-16-50(27(2)25-49)26-35(53)21-29-8-6-7-28(19-29)20-31-10-14-38(54)48-39(31)55/h6-9,11-13,19,22-23,27,31H,5,10,14-18,20-21,25-26H2,1-4H3,(H,48,54,55)/t27-,31?/m0/s1. The fourth-order valence-corrected chi connectivity index (χ4v) is 8.49. The highest BCUT2D eigenvalue weighted by molar-refractivity contribution is 7.81. The third-order valence-corrected chi connectivity index (χ3v) is 11.5. The fraction of sp³-hybridized carbons (Fsp3) is 0.442. The summed E-state index contributed by atoms with van der Waals surface area (Å²) in [5.41, 5.74) is 0.384. The molecule has 11 nitrogen and oxygen atoms in total. The number of alkyl halides is 3. The molecule has 3 fully saturated rings. The topological polar surface area (TPSA) is 126 Å². The molecule has 2 atom stereocenters. The van der Waals surface area contributed by atoms with Gasteiger partial charge in [0.2, 0.25) is 11.8 Å². The first-order chi connectivity index (χ1) is 27.5. The van der Waals surface area contributed by atoms with Gasteiger partial charge in [0.1, 0.15) is 17.9 Å². The number of carbonyl (C=O) groups excluding carboxylic acids is 4. The number of carbonyl (C=O) groups is 4. The summed E-state index contributed by atoms with van der Waals surface area (Å²) in [5.74, 6) is -0.416. The lowest BCUT2D eigenvalue weighted by atomic mass is 9.90. The first kappa shape index (κ1) is 42.4. The van der Waals surface area contributed by atoms with Gasteiger partial charge in [-0.25, -0.2) is 0 Å². The SMILES string of the molecule is CCc1cc(N2C(=S)N(c3ccc(C#N)c(C(F)(F)F)c3)C(=O)C2(C)C)ccc1OCCN1CCN(CC(=O)Cc2cccc(CC3CCC(=O)NC3=O)c2)[C@@H](C)C1. The Balaban J connectivity index is 1.01. The van der Waals surface area contributed by atoms with E-state index in [1.54, 1.807) is 30.9 Å². The summed E-state index contributed by atoms with van der Waals surface area (Å²) in [6, 6.07) is 18.1. The van der Waals surface area contributed by atoms with Crippen molar-refractivity contribution in [1.82, 2.24) is 15.1 Å². The summed E-state index contributed by atoms with van der Waals surface area (Å²) in [4.78, 5) is 57.8. The van der Waals surface area contributed by atoms with E-state index in [-0.39, 0.29) is 40.4 Å². The lowest BCUT2D eigenvalue weighted by Crippen LogP contribution is -2.53. The molecule has 0 aliphatic carbocycles. The van der Waals surface area contributed by atoms with E-state index in [0.717, 1.165) is 53.4 Å². The Morgan fingerprint density at radius 1 is 1.03 bits per heavy atom. The van der Waals surface area contributed by atoms with Crippen LogP contribution in [0.4, 0.5) is 24.5 Å². The molecule has 3 aromatic rings. The molecular weight excluding hydrogens is 770 g/mol. The molecule has 3 aromatic carbocycles. The Kier molecular flexibility index (Phi) is 12.7. The molecule has 15 heteroatoms. The molecule has 58 heavy (non-hydrogen) atoms. The highest BCUT2D eigenvalue weighted by atomic mass is 32.1. The number of nitrogens with zero attached hydrogens (tertiary/aromatic N) is 5. The quantitative estimate of drug-likeness (QED) is 0.166. The largest absolute Gasteiger partial charge is 0.492 e. The summed E-state index contributed by atoms with van der Waals surface area (Å²) >= 11 is 5.72. The smallest absolute Gasteiger partial charge is 0.417 e. The van der Waals surface area contributed by atoms with Crippen LogP contribution in [0.3, 0.4) is 0 Å². The molecule has 1 unspecified atom stereocenters. The Morgan fingerprint density at radius 3 is 2.47 bits per heavy atom. The van der Waals surface area contributed by atoms with Crippen LogP contribution in [0, 0.1) is 17.2 Å². The lowest BCUT2D eigenvalue weighted by Gasteiger charge is -2.39. The number of ketones is 1. The second-order valence-corrected chi connectivity index (χ2v) is 16.0. The van der Waals surface area contributed by atoms with Gasteiger partial charge < -0.3 is 9.64 Å². The van der Waals surface area contributed by atoms with Gasteiger partial charge in [-0.15, -0.1) is 0 Å². The van der Waals surface area contributed by atoms with Gasteiger partial charge >= 0.3 is 6.18 Å². The highest BCUT2D eigenvalue weighted by Crippen LogP contribution is 2.40. The van der Waals surface area contributed by atoms with Crippen molar-refractivity contribution < 1.29 is 37.1 Å². The number of halogens is 3. The molecule has 0 saturated carbocycles. The maximum Gasteiger partial charge on any atom is 0.417 e. The van der Waals surface area contributed by atoms with Gasteiger partial charge in [-0.1, -0.05) is 31.2 Å². The van der Waals surface area contributed by atoms with Gasteiger partial charge in [-0.05, 0) is 105 Å². The average molecular weight is 817 g/mol. The maximum absolute atomic E-state index is 13.8. The van der Waals surface area contributed by atoms with E-state index in [4.69, 9.17) is 17.0 Å². The molecule has 0 spiro atoms. The van der Waals surface area contributed by atoms with Crippen LogP contribution in [-0.2, 0) is 44.6 Å². The van der Waals surface area contributed by atoms with Crippen LogP contribution in [0.15, 0.2) is 60.7 Å². The van der Waals surface area contributed by atoms with Gasteiger partial charge in [0, 0.05) is 56.7 Å². The number of Topliss-reactive ketones (excluding diaryl/α,β-unsaturated/α-hetero) is 1. The summed E-state index contributed by atoms with van der Waals surface area (Å²) in [5, 5.41) is 11.7. The number of nitriles is 1. The zero-order valence-corrected chi connectivity index (χ0v) is 33.8. The predicted octanol–water partition coefficient (Wildman–Crippen LogP) is 5.85. The Bertz CT molecular complexity index is 2150. The molecule has 0 bridgehead atoms. The number of piperazine rings is 1. The lowest BCUT2D eigenvalue weighted by molar-refractivity contribution is -0.138. The number of imide groups is 1. The zero-order chi connectivity index (χ0) is 41.9. The van der Waals surface area contributed by atoms with Crippen molar-refractivity contribution in [3.05, 3.63) is 88.5 Å². The van der Waals surface area contributed by atoms with Crippen LogP contribution in [0.5, 0.6) is 5.75 Å². The monoisotopic (exact) mass is 816 g/mol. The molecule has 3 aliphatic heterocycles. The van der Waals surface area contributed by atoms with Gasteiger partial charge in [0.15, 0.2) is 10.9 Å². The number of thiocarbonyl (C=S) groups is 1. The van der Waals surface area contributed by atoms with Gasteiger partial charge in [0.05, 0.1) is 29.4 Å². The normalized spacial score (nSPS) is 20.3. The van der Waals surface area contributed by atoms with Crippen LogP contribution in [0.25, 0.3) is 0 Å². The van der Waals surface area contributed by atoms with Gasteiger partial charge in [0.25, 0.3) is 5.91 Å². The Hall–Kier alpha value is -5.17. The van der Waals surface area contributed by atoms with E-state index in [9.17, 15) is 37.6 Å². The van der Waals surface area contributed by atoms with Gasteiger partial charge in [-0.3, -0.25) is 39.2 Å². The van der Waals surface area contributed by atoms with Crippen molar-refractivity contribution in [1.29, 1.82) is 5.26 Å². The summed E-state index contributed by atoms with van der Waals surface area (Å²) < 4.78 is 47.6. The molecule has 3 amide bonds. The second-order valence-electron chi connectivity index (χ2n) is 15.7. The van der Waals surface area contributed by atoms with E-state index < -0.39 is 28.7 Å². The number of hydrogen-bond acceptors (Lipinski definition) is 9. The maximum atomic E-state index is 13.8. The molecule has 0 aromatic heterocycles. The van der Waals surface area contributed by atoms with E-state index in [1.165, 1.54) is 6.07 Å². The van der Waals surface area contributed by atoms with E-state index in [1.807, 2.05) is 43.3 Å². The van der Waals surface area contributed by atoms with Crippen molar-refractivity contribution in [2.24, 2.45) is 5.92 Å². The molecule has 3 aliphatic rings. The first-order valence-corrected chi connectivity index (χ1v) is 19.9. The number of anilines is 2. The minimum atomic E-state index is -4.79. The van der Waals surface area contributed by atoms with Crippen molar-refractivity contribution >= 4 is 52.2 Å². The van der Waals surface area contributed by atoms with Crippen molar-refractivity contribution in [3.63, 3.8) is 0 Å². The van der Waals surface area contributed by atoms with Crippen molar-refractivity contribution in [2.45, 2.75) is 77.6 Å². The summed E-state index contributed by atoms with van der Waals surface area (Å²) in [6.45, 7) is 11.1. The predicted molar refractivity (Wildman–Crippen MR) is 216 cm³/mol. The molecule has 0 radical (unpaired) electrons. The number of amides is 3.